The highest BCUT2D eigenvalue weighted by Crippen LogP contribution is 2.23. The molecular formula is C15H16FN3. The van der Waals surface area contributed by atoms with Gasteiger partial charge >= 0.3 is 0 Å². The van der Waals surface area contributed by atoms with Crippen LogP contribution in [0, 0.1) is 19.7 Å². The zero-order valence-electron chi connectivity index (χ0n) is 11.4. The van der Waals surface area contributed by atoms with Gasteiger partial charge in [0.2, 0.25) is 0 Å². The number of benzene rings is 1. The third kappa shape index (κ3) is 1.79. The van der Waals surface area contributed by atoms with Crippen molar-refractivity contribution in [3.8, 4) is 0 Å². The Morgan fingerprint density at radius 3 is 2.63 bits per heavy atom. The molecule has 3 rings (SSSR count). The van der Waals surface area contributed by atoms with Crippen LogP contribution in [0.15, 0.2) is 18.2 Å². The summed E-state index contributed by atoms with van der Waals surface area (Å²) in [5.74, 6) is 0.740. The monoisotopic (exact) mass is 257 g/mol. The van der Waals surface area contributed by atoms with E-state index in [4.69, 9.17) is 0 Å². The number of rotatable bonds is 2. The molecule has 0 spiro atoms. The normalized spacial score (nSPS) is 11.6. The number of aryl methyl sites for hydroxylation is 3. The Morgan fingerprint density at radius 1 is 1.16 bits per heavy atom. The molecule has 0 N–H and O–H groups in total. The van der Waals surface area contributed by atoms with Crippen molar-refractivity contribution in [2.24, 2.45) is 0 Å². The Bertz CT molecular complexity index is 774. The first kappa shape index (κ1) is 12.1. The average Bonchev–Trinajstić information content (AvgIpc) is 2.69. The summed E-state index contributed by atoms with van der Waals surface area (Å²) in [4.78, 5) is 9.17. The van der Waals surface area contributed by atoms with Crippen LogP contribution in [0.3, 0.4) is 0 Å². The van der Waals surface area contributed by atoms with Crippen molar-refractivity contribution >= 4 is 16.6 Å². The van der Waals surface area contributed by atoms with E-state index in [1.165, 1.54) is 12.1 Å². The zero-order valence-corrected chi connectivity index (χ0v) is 11.4. The molecule has 0 saturated carbocycles. The number of fused-ring (bicyclic) bond motifs is 3. The van der Waals surface area contributed by atoms with Crippen LogP contribution in [0.25, 0.3) is 16.6 Å². The second kappa shape index (κ2) is 4.30. The van der Waals surface area contributed by atoms with Gasteiger partial charge in [-0.3, -0.25) is 4.40 Å². The number of imidazole rings is 1. The molecule has 0 saturated heterocycles. The van der Waals surface area contributed by atoms with Gasteiger partial charge in [0, 0.05) is 12.5 Å². The largest absolute Gasteiger partial charge is 0.293 e. The van der Waals surface area contributed by atoms with Gasteiger partial charge in [-0.25, -0.2) is 14.4 Å². The summed E-state index contributed by atoms with van der Waals surface area (Å²) in [6.45, 7) is 6.07. The predicted molar refractivity (Wildman–Crippen MR) is 73.9 cm³/mol. The molecule has 2 heterocycles. The van der Waals surface area contributed by atoms with Crippen LogP contribution < -0.4 is 0 Å². The molecule has 0 bridgehead atoms. The van der Waals surface area contributed by atoms with Crippen molar-refractivity contribution in [1.82, 2.24) is 14.4 Å². The van der Waals surface area contributed by atoms with Crippen LogP contribution in [-0.4, -0.2) is 14.4 Å². The van der Waals surface area contributed by atoms with E-state index in [-0.39, 0.29) is 5.82 Å². The van der Waals surface area contributed by atoms with Gasteiger partial charge in [-0.05, 0) is 32.4 Å². The van der Waals surface area contributed by atoms with E-state index >= 15 is 0 Å². The topological polar surface area (TPSA) is 30.2 Å². The molecule has 4 heteroatoms. The molecule has 0 radical (unpaired) electrons. The van der Waals surface area contributed by atoms with E-state index in [0.29, 0.717) is 0 Å². The highest BCUT2D eigenvalue weighted by Gasteiger charge is 2.14. The molecule has 0 atom stereocenters. The standard InChI is InChI=1S/C15H16FN3/c1-4-5-14-18-10(3)15-9(2)17-12-7-6-11(16)8-13(12)19(14)15/h6-8H,4-5H2,1-3H3. The van der Waals surface area contributed by atoms with Crippen molar-refractivity contribution in [3.05, 3.63) is 41.2 Å². The third-order valence-electron chi connectivity index (χ3n) is 3.40. The van der Waals surface area contributed by atoms with Crippen LogP contribution in [0.5, 0.6) is 0 Å². The molecule has 0 unspecified atom stereocenters. The van der Waals surface area contributed by atoms with Crippen molar-refractivity contribution in [2.45, 2.75) is 33.6 Å². The summed E-state index contributed by atoms with van der Waals surface area (Å²) in [5, 5.41) is 0. The van der Waals surface area contributed by atoms with Crippen LogP contribution in [-0.2, 0) is 6.42 Å². The zero-order chi connectivity index (χ0) is 13.6. The first-order valence-corrected chi connectivity index (χ1v) is 6.55. The summed E-state index contributed by atoms with van der Waals surface area (Å²) < 4.78 is 15.6. The molecule has 0 aliphatic heterocycles. The molecule has 98 valence electrons. The smallest absolute Gasteiger partial charge is 0.125 e. The van der Waals surface area contributed by atoms with Crippen molar-refractivity contribution < 1.29 is 4.39 Å². The van der Waals surface area contributed by atoms with E-state index < -0.39 is 0 Å². The van der Waals surface area contributed by atoms with Gasteiger partial charge < -0.3 is 0 Å². The van der Waals surface area contributed by atoms with Crippen LogP contribution in [0.1, 0.15) is 30.6 Å². The average molecular weight is 257 g/mol. The molecule has 2 aromatic heterocycles. The lowest BCUT2D eigenvalue weighted by molar-refractivity contribution is 0.629. The predicted octanol–water partition coefficient (Wildman–Crippen LogP) is 3.59. The lowest BCUT2D eigenvalue weighted by Gasteiger charge is -2.07. The van der Waals surface area contributed by atoms with Crippen molar-refractivity contribution in [3.63, 3.8) is 0 Å². The van der Waals surface area contributed by atoms with Crippen LogP contribution >= 0.6 is 0 Å². The lowest BCUT2D eigenvalue weighted by Crippen LogP contribution is -2.00. The second-order valence-electron chi connectivity index (χ2n) is 4.88. The Labute approximate surface area is 111 Å². The number of hydrogen-bond acceptors (Lipinski definition) is 2. The maximum atomic E-state index is 13.5. The van der Waals surface area contributed by atoms with E-state index in [1.54, 1.807) is 6.07 Å². The fourth-order valence-corrected chi connectivity index (χ4v) is 2.67. The summed E-state index contributed by atoms with van der Waals surface area (Å²) in [5.41, 5.74) is 4.50. The lowest BCUT2D eigenvalue weighted by atomic mass is 10.2. The van der Waals surface area contributed by atoms with Crippen LogP contribution in [0.2, 0.25) is 0 Å². The van der Waals surface area contributed by atoms with Gasteiger partial charge in [0.1, 0.15) is 11.6 Å². The molecule has 0 aliphatic rings. The summed E-state index contributed by atoms with van der Waals surface area (Å²) in [7, 11) is 0. The molecule has 0 fully saturated rings. The minimum absolute atomic E-state index is 0.242. The molecular weight excluding hydrogens is 241 g/mol. The van der Waals surface area contributed by atoms with Crippen molar-refractivity contribution in [2.75, 3.05) is 0 Å². The SMILES string of the molecule is CCCc1nc(C)c2c(C)nc3ccc(F)cc3n12. The van der Waals surface area contributed by atoms with E-state index in [9.17, 15) is 4.39 Å². The third-order valence-corrected chi connectivity index (χ3v) is 3.40. The van der Waals surface area contributed by atoms with Gasteiger partial charge in [-0.2, -0.15) is 0 Å². The molecule has 3 nitrogen and oxygen atoms in total. The fraction of sp³-hybridized carbons (Fsp3) is 0.333. The molecule has 0 amide bonds. The maximum Gasteiger partial charge on any atom is 0.125 e. The Balaban J connectivity index is 2.52. The number of nitrogens with zero attached hydrogens (tertiary/aromatic N) is 3. The minimum atomic E-state index is -0.242. The summed E-state index contributed by atoms with van der Waals surface area (Å²) in [6, 6.07) is 4.71. The van der Waals surface area contributed by atoms with E-state index in [2.05, 4.69) is 21.3 Å². The fourth-order valence-electron chi connectivity index (χ4n) is 2.67. The maximum absolute atomic E-state index is 13.5. The number of aromatic nitrogens is 3. The first-order valence-electron chi connectivity index (χ1n) is 6.55. The molecule has 0 aliphatic carbocycles. The van der Waals surface area contributed by atoms with Gasteiger partial charge in [0.15, 0.2) is 0 Å². The Hall–Kier alpha value is -1.97. The molecule has 3 aromatic rings. The molecule has 19 heavy (non-hydrogen) atoms. The molecule has 1 aromatic carbocycles. The van der Waals surface area contributed by atoms with Gasteiger partial charge in [0.25, 0.3) is 0 Å². The highest BCUT2D eigenvalue weighted by molar-refractivity contribution is 5.80. The minimum Gasteiger partial charge on any atom is -0.293 e. The van der Waals surface area contributed by atoms with E-state index in [1.807, 2.05) is 13.8 Å². The van der Waals surface area contributed by atoms with E-state index in [0.717, 1.165) is 46.6 Å². The van der Waals surface area contributed by atoms with Crippen LogP contribution in [0.4, 0.5) is 4.39 Å². The number of halogens is 1. The first-order chi connectivity index (χ1) is 9.11. The summed E-state index contributed by atoms with van der Waals surface area (Å²) >= 11 is 0. The highest BCUT2D eigenvalue weighted by atomic mass is 19.1. The Morgan fingerprint density at radius 2 is 1.89 bits per heavy atom. The number of hydrogen-bond donors (Lipinski definition) is 0. The van der Waals surface area contributed by atoms with Crippen molar-refractivity contribution in [1.29, 1.82) is 0 Å². The van der Waals surface area contributed by atoms with Gasteiger partial charge in [-0.1, -0.05) is 6.92 Å². The van der Waals surface area contributed by atoms with Gasteiger partial charge in [0.05, 0.1) is 27.9 Å². The van der Waals surface area contributed by atoms with Gasteiger partial charge in [-0.15, -0.1) is 0 Å². The quantitative estimate of drug-likeness (QED) is 0.702. The summed E-state index contributed by atoms with van der Waals surface area (Å²) in [6.07, 6.45) is 1.89. The Kier molecular flexibility index (Phi) is 2.73. The second-order valence-corrected chi connectivity index (χ2v) is 4.88.